The molecule has 0 amide bonds. The van der Waals surface area contributed by atoms with Gasteiger partial charge in [0.25, 0.3) is 0 Å². The largest absolute Gasteiger partial charge is 0.298 e. The maximum Gasteiger partial charge on any atom is 0.0636 e. The summed E-state index contributed by atoms with van der Waals surface area (Å²) in [7, 11) is 0. The first-order valence-corrected chi connectivity index (χ1v) is 7.13. The van der Waals surface area contributed by atoms with Crippen LogP contribution in [0.1, 0.15) is 32.4 Å². The molecular formula is C15H23N3. The highest BCUT2D eigenvalue weighted by molar-refractivity contribution is 5.23. The van der Waals surface area contributed by atoms with Crippen LogP contribution < -0.4 is 0 Å². The van der Waals surface area contributed by atoms with Crippen LogP contribution in [0.5, 0.6) is 0 Å². The number of pyridine rings is 1. The highest BCUT2D eigenvalue weighted by atomic mass is 15.3. The Morgan fingerprint density at radius 2 is 1.83 bits per heavy atom. The topological polar surface area (TPSA) is 19.4 Å². The Morgan fingerprint density at radius 1 is 1.11 bits per heavy atom. The zero-order valence-corrected chi connectivity index (χ0v) is 11.5. The Labute approximate surface area is 110 Å². The first-order chi connectivity index (χ1) is 8.72. The standard InChI is InChI=1S/C15H23N3/c1-13(2)17-9-11-18(12-10-17)15(6-7-15)14-5-3-4-8-16-14/h3-5,8,13H,6-7,9-12H2,1-2H3. The van der Waals surface area contributed by atoms with Crippen molar-refractivity contribution in [3.8, 4) is 0 Å². The Bertz CT molecular complexity index is 389. The second kappa shape index (κ2) is 4.63. The fraction of sp³-hybridized carbons (Fsp3) is 0.667. The van der Waals surface area contributed by atoms with Crippen molar-refractivity contribution in [2.24, 2.45) is 0 Å². The van der Waals surface area contributed by atoms with Gasteiger partial charge >= 0.3 is 0 Å². The van der Waals surface area contributed by atoms with Gasteiger partial charge in [0.05, 0.1) is 11.2 Å². The van der Waals surface area contributed by atoms with Gasteiger partial charge < -0.3 is 0 Å². The third kappa shape index (κ3) is 2.06. The molecule has 0 radical (unpaired) electrons. The van der Waals surface area contributed by atoms with Crippen LogP contribution in [0.4, 0.5) is 0 Å². The number of rotatable bonds is 3. The molecule has 3 heteroatoms. The van der Waals surface area contributed by atoms with E-state index in [9.17, 15) is 0 Å². The number of nitrogens with zero attached hydrogens (tertiary/aromatic N) is 3. The molecule has 0 atom stereocenters. The SMILES string of the molecule is CC(C)N1CCN(C2(c3ccccn3)CC2)CC1. The van der Waals surface area contributed by atoms with Crippen molar-refractivity contribution in [3.63, 3.8) is 0 Å². The Balaban J connectivity index is 1.70. The molecular weight excluding hydrogens is 222 g/mol. The predicted octanol–water partition coefficient (Wildman–Crippen LogP) is 2.10. The fourth-order valence-corrected chi connectivity index (χ4v) is 3.16. The van der Waals surface area contributed by atoms with E-state index in [1.165, 1.54) is 44.7 Å². The van der Waals surface area contributed by atoms with Gasteiger partial charge in [-0.2, -0.15) is 0 Å². The molecule has 18 heavy (non-hydrogen) atoms. The Kier molecular flexibility index (Phi) is 3.12. The van der Waals surface area contributed by atoms with Crippen molar-refractivity contribution in [1.82, 2.24) is 14.8 Å². The van der Waals surface area contributed by atoms with E-state index in [0.717, 1.165) is 0 Å². The van der Waals surface area contributed by atoms with E-state index >= 15 is 0 Å². The molecule has 0 bridgehead atoms. The molecule has 1 aliphatic carbocycles. The molecule has 3 rings (SSSR count). The van der Waals surface area contributed by atoms with Crippen LogP contribution in [0.15, 0.2) is 24.4 Å². The molecule has 1 saturated heterocycles. The van der Waals surface area contributed by atoms with E-state index in [1.807, 2.05) is 12.3 Å². The van der Waals surface area contributed by atoms with E-state index in [2.05, 4.69) is 40.8 Å². The van der Waals surface area contributed by atoms with Gasteiger partial charge in [-0.1, -0.05) is 6.07 Å². The molecule has 0 N–H and O–H groups in total. The third-order valence-corrected chi connectivity index (χ3v) is 4.52. The van der Waals surface area contributed by atoms with Gasteiger partial charge in [-0.25, -0.2) is 0 Å². The Morgan fingerprint density at radius 3 is 2.33 bits per heavy atom. The van der Waals surface area contributed by atoms with Crippen LogP contribution in [0.2, 0.25) is 0 Å². The van der Waals surface area contributed by atoms with Crippen LogP contribution >= 0.6 is 0 Å². The summed E-state index contributed by atoms with van der Waals surface area (Å²) >= 11 is 0. The summed E-state index contributed by atoms with van der Waals surface area (Å²) in [5.74, 6) is 0. The fourth-order valence-electron chi connectivity index (χ4n) is 3.16. The molecule has 2 heterocycles. The smallest absolute Gasteiger partial charge is 0.0636 e. The number of hydrogen-bond donors (Lipinski definition) is 0. The Hall–Kier alpha value is -0.930. The molecule has 0 spiro atoms. The summed E-state index contributed by atoms with van der Waals surface area (Å²) in [6.07, 6.45) is 4.50. The van der Waals surface area contributed by atoms with Crippen molar-refractivity contribution in [2.75, 3.05) is 26.2 Å². The van der Waals surface area contributed by atoms with Crippen molar-refractivity contribution in [1.29, 1.82) is 0 Å². The molecule has 1 aliphatic heterocycles. The molecule has 2 fully saturated rings. The minimum absolute atomic E-state index is 0.282. The zero-order valence-electron chi connectivity index (χ0n) is 11.5. The molecule has 2 aliphatic rings. The molecule has 1 aromatic rings. The second-order valence-electron chi connectivity index (χ2n) is 5.86. The lowest BCUT2D eigenvalue weighted by Crippen LogP contribution is -2.52. The molecule has 98 valence electrons. The molecule has 0 aromatic carbocycles. The van der Waals surface area contributed by atoms with Crippen LogP contribution in [0.25, 0.3) is 0 Å². The van der Waals surface area contributed by atoms with E-state index in [-0.39, 0.29) is 5.54 Å². The third-order valence-electron chi connectivity index (χ3n) is 4.52. The van der Waals surface area contributed by atoms with Gasteiger partial charge in [-0.05, 0) is 38.8 Å². The van der Waals surface area contributed by atoms with Gasteiger partial charge in [-0.15, -0.1) is 0 Å². The average molecular weight is 245 g/mol. The van der Waals surface area contributed by atoms with Crippen LogP contribution in [-0.4, -0.2) is 47.0 Å². The van der Waals surface area contributed by atoms with Crippen LogP contribution in [0.3, 0.4) is 0 Å². The zero-order chi connectivity index (χ0) is 12.6. The van der Waals surface area contributed by atoms with Crippen LogP contribution in [0, 0.1) is 0 Å². The lowest BCUT2D eigenvalue weighted by atomic mass is 10.1. The maximum atomic E-state index is 4.59. The van der Waals surface area contributed by atoms with E-state index in [4.69, 9.17) is 0 Å². The van der Waals surface area contributed by atoms with Gasteiger partial charge in [0, 0.05) is 38.4 Å². The predicted molar refractivity (Wildman–Crippen MR) is 73.4 cm³/mol. The second-order valence-corrected chi connectivity index (χ2v) is 5.86. The average Bonchev–Trinajstić information content (AvgIpc) is 3.21. The van der Waals surface area contributed by atoms with Gasteiger partial charge in [0.2, 0.25) is 0 Å². The molecule has 0 unspecified atom stereocenters. The lowest BCUT2D eigenvalue weighted by Gasteiger charge is -2.41. The maximum absolute atomic E-state index is 4.59. The van der Waals surface area contributed by atoms with E-state index < -0.39 is 0 Å². The summed E-state index contributed by atoms with van der Waals surface area (Å²) in [4.78, 5) is 9.82. The summed E-state index contributed by atoms with van der Waals surface area (Å²) in [5, 5.41) is 0. The minimum Gasteiger partial charge on any atom is -0.298 e. The van der Waals surface area contributed by atoms with E-state index in [1.54, 1.807) is 0 Å². The summed E-state index contributed by atoms with van der Waals surface area (Å²) in [6.45, 7) is 9.37. The normalized spacial score (nSPS) is 24.4. The van der Waals surface area contributed by atoms with Crippen molar-refractivity contribution in [3.05, 3.63) is 30.1 Å². The highest BCUT2D eigenvalue weighted by Crippen LogP contribution is 2.50. The molecule has 1 saturated carbocycles. The van der Waals surface area contributed by atoms with Gasteiger partial charge in [0.1, 0.15) is 0 Å². The number of piperazine rings is 1. The molecule has 1 aromatic heterocycles. The van der Waals surface area contributed by atoms with Crippen molar-refractivity contribution >= 4 is 0 Å². The van der Waals surface area contributed by atoms with Crippen LogP contribution in [-0.2, 0) is 5.54 Å². The number of aromatic nitrogens is 1. The summed E-state index contributed by atoms with van der Waals surface area (Å²) in [5.41, 5.74) is 1.56. The monoisotopic (exact) mass is 245 g/mol. The number of hydrogen-bond acceptors (Lipinski definition) is 3. The summed E-state index contributed by atoms with van der Waals surface area (Å²) in [6, 6.07) is 7.00. The summed E-state index contributed by atoms with van der Waals surface area (Å²) < 4.78 is 0. The first kappa shape index (κ1) is 12.1. The van der Waals surface area contributed by atoms with Crippen molar-refractivity contribution < 1.29 is 0 Å². The van der Waals surface area contributed by atoms with Crippen molar-refractivity contribution in [2.45, 2.75) is 38.3 Å². The molecule has 3 nitrogen and oxygen atoms in total. The first-order valence-electron chi connectivity index (χ1n) is 7.13. The van der Waals surface area contributed by atoms with Gasteiger partial charge in [-0.3, -0.25) is 14.8 Å². The quantitative estimate of drug-likeness (QED) is 0.813. The van der Waals surface area contributed by atoms with E-state index in [0.29, 0.717) is 6.04 Å². The highest BCUT2D eigenvalue weighted by Gasteiger charge is 2.50. The lowest BCUT2D eigenvalue weighted by molar-refractivity contribution is 0.0658. The van der Waals surface area contributed by atoms with Gasteiger partial charge in [0.15, 0.2) is 0 Å². The minimum atomic E-state index is 0.282.